The Morgan fingerprint density at radius 2 is 1.74 bits per heavy atom. The minimum Gasteiger partial charge on any atom is -0.496 e. The number of methoxy groups -OCH3 is 1. The number of aryl methyl sites for hydroxylation is 2. The molecule has 34 heavy (non-hydrogen) atoms. The van der Waals surface area contributed by atoms with E-state index in [4.69, 9.17) is 14.2 Å². The second-order valence-electron chi connectivity index (χ2n) is 8.47. The van der Waals surface area contributed by atoms with E-state index < -0.39 is 0 Å². The zero-order valence-electron chi connectivity index (χ0n) is 20.0. The topological polar surface area (TPSA) is 48.0 Å². The number of allylic oxidation sites excluding steroid dienone is 1. The van der Waals surface area contributed by atoms with Crippen LogP contribution in [0.15, 0.2) is 66.7 Å². The van der Waals surface area contributed by atoms with Crippen molar-refractivity contribution in [2.45, 2.75) is 20.5 Å². The van der Waals surface area contributed by atoms with Crippen molar-refractivity contribution in [3.05, 3.63) is 94.6 Å². The van der Waals surface area contributed by atoms with Gasteiger partial charge in [0.25, 0.3) is 0 Å². The molecule has 5 nitrogen and oxygen atoms in total. The highest BCUT2D eigenvalue weighted by atomic mass is 16.5. The second-order valence-corrected chi connectivity index (χ2v) is 8.47. The van der Waals surface area contributed by atoms with Gasteiger partial charge in [-0.05, 0) is 79.1 Å². The highest BCUT2D eigenvalue weighted by Gasteiger charge is 2.12. The average Bonchev–Trinajstić information content (AvgIpc) is 2.88. The van der Waals surface area contributed by atoms with Gasteiger partial charge in [-0.1, -0.05) is 24.3 Å². The van der Waals surface area contributed by atoms with Gasteiger partial charge in [-0.3, -0.25) is 4.79 Å². The molecule has 0 amide bonds. The van der Waals surface area contributed by atoms with Crippen LogP contribution in [0.1, 0.15) is 32.6 Å². The number of hydrogen-bond acceptors (Lipinski definition) is 5. The Morgan fingerprint density at radius 3 is 2.47 bits per heavy atom. The normalized spacial score (nSPS) is 13.8. The molecule has 0 N–H and O–H groups in total. The van der Waals surface area contributed by atoms with Gasteiger partial charge in [0.15, 0.2) is 5.78 Å². The number of carbonyl (C=O) groups excluding carboxylic acids is 1. The first-order valence-electron chi connectivity index (χ1n) is 11.6. The predicted octanol–water partition coefficient (Wildman–Crippen LogP) is 5.62. The number of anilines is 1. The summed E-state index contributed by atoms with van der Waals surface area (Å²) >= 11 is 0. The molecule has 1 aliphatic heterocycles. The molecule has 0 spiro atoms. The van der Waals surface area contributed by atoms with Crippen molar-refractivity contribution in [3.8, 4) is 11.5 Å². The zero-order valence-corrected chi connectivity index (χ0v) is 20.0. The van der Waals surface area contributed by atoms with Crippen molar-refractivity contribution in [2.75, 3.05) is 38.3 Å². The zero-order chi connectivity index (χ0) is 23.9. The maximum absolute atomic E-state index is 12.7. The van der Waals surface area contributed by atoms with Crippen molar-refractivity contribution in [3.63, 3.8) is 0 Å². The minimum atomic E-state index is -0.0301. The highest BCUT2D eigenvalue weighted by Crippen LogP contribution is 2.25. The van der Waals surface area contributed by atoms with E-state index >= 15 is 0 Å². The average molecular weight is 458 g/mol. The second kappa shape index (κ2) is 11.0. The lowest BCUT2D eigenvalue weighted by atomic mass is 10.1. The summed E-state index contributed by atoms with van der Waals surface area (Å²) in [5, 5.41) is 0. The van der Waals surface area contributed by atoms with Gasteiger partial charge in [0, 0.05) is 29.9 Å². The SMILES string of the molecule is COc1ccc(/C=C/C(=O)c2ccc(N3CCOCC3)cc2)cc1COc1cc(C)ccc1C. The largest absolute Gasteiger partial charge is 0.496 e. The smallest absolute Gasteiger partial charge is 0.185 e. The van der Waals surface area contributed by atoms with Crippen molar-refractivity contribution >= 4 is 17.5 Å². The van der Waals surface area contributed by atoms with Crippen LogP contribution < -0.4 is 14.4 Å². The summed E-state index contributed by atoms with van der Waals surface area (Å²) in [6.45, 7) is 7.69. The number of carbonyl (C=O) groups is 1. The molecule has 0 saturated carbocycles. The third kappa shape index (κ3) is 5.86. The van der Waals surface area contributed by atoms with Gasteiger partial charge in [-0.25, -0.2) is 0 Å². The Labute approximate surface area is 201 Å². The molecular formula is C29H31NO4. The van der Waals surface area contributed by atoms with Crippen LogP contribution in [0, 0.1) is 13.8 Å². The molecule has 0 atom stereocenters. The number of rotatable bonds is 8. The summed E-state index contributed by atoms with van der Waals surface area (Å²) in [6.07, 6.45) is 3.44. The van der Waals surface area contributed by atoms with Crippen LogP contribution in [0.25, 0.3) is 6.08 Å². The van der Waals surface area contributed by atoms with Crippen LogP contribution in [0.5, 0.6) is 11.5 Å². The molecular weight excluding hydrogens is 426 g/mol. The van der Waals surface area contributed by atoms with E-state index in [0.717, 1.165) is 65.7 Å². The Balaban J connectivity index is 1.44. The molecule has 0 radical (unpaired) electrons. The number of nitrogens with zero attached hydrogens (tertiary/aromatic N) is 1. The standard InChI is InChI=1S/C29H31NO4/c1-21-4-5-22(2)29(18-21)34-20-25-19-23(7-13-28(25)32-3)6-12-27(31)24-8-10-26(11-9-24)30-14-16-33-17-15-30/h4-13,18-19H,14-17,20H2,1-3H3/b12-6+. The van der Waals surface area contributed by atoms with Crippen molar-refractivity contribution in [1.82, 2.24) is 0 Å². The lowest BCUT2D eigenvalue weighted by molar-refractivity contribution is 0.104. The summed E-state index contributed by atoms with van der Waals surface area (Å²) in [5.41, 5.74) is 5.87. The maximum Gasteiger partial charge on any atom is 0.185 e. The highest BCUT2D eigenvalue weighted by molar-refractivity contribution is 6.07. The van der Waals surface area contributed by atoms with Crippen LogP contribution in [0.2, 0.25) is 0 Å². The lowest BCUT2D eigenvalue weighted by Gasteiger charge is -2.28. The van der Waals surface area contributed by atoms with Gasteiger partial charge in [0.1, 0.15) is 18.1 Å². The van der Waals surface area contributed by atoms with Crippen LogP contribution in [0.3, 0.4) is 0 Å². The van der Waals surface area contributed by atoms with E-state index in [1.54, 1.807) is 13.2 Å². The van der Waals surface area contributed by atoms with E-state index in [-0.39, 0.29) is 5.78 Å². The molecule has 1 heterocycles. The predicted molar refractivity (Wildman–Crippen MR) is 136 cm³/mol. The van der Waals surface area contributed by atoms with E-state index in [2.05, 4.69) is 17.0 Å². The minimum absolute atomic E-state index is 0.0301. The number of benzene rings is 3. The number of ether oxygens (including phenoxy) is 3. The quantitative estimate of drug-likeness (QED) is 0.324. The third-order valence-electron chi connectivity index (χ3n) is 5.99. The molecule has 0 bridgehead atoms. The first-order valence-corrected chi connectivity index (χ1v) is 11.6. The fourth-order valence-electron chi connectivity index (χ4n) is 3.96. The van der Waals surface area contributed by atoms with Crippen molar-refractivity contribution in [2.24, 2.45) is 0 Å². The van der Waals surface area contributed by atoms with Crippen LogP contribution >= 0.6 is 0 Å². The Morgan fingerprint density at radius 1 is 0.971 bits per heavy atom. The Bertz CT molecular complexity index is 1160. The van der Waals surface area contributed by atoms with Gasteiger partial charge in [0.2, 0.25) is 0 Å². The number of ketones is 1. The molecule has 176 valence electrons. The molecule has 3 aromatic rings. The van der Waals surface area contributed by atoms with Gasteiger partial charge in [-0.2, -0.15) is 0 Å². The maximum atomic E-state index is 12.7. The lowest BCUT2D eigenvalue weighted by Crippen LogP contribution is -2.36. The summed E-state index contributed by atoms with van der Waals surface area (Å²) < 4.78 is 17.0. The van der Waals surface area contributed by atoms with Crippen molar-refractivity contribution in [1.29, 1.82) is 0 Å². The molecule has 3 aromatic carbocycles. The van der Waals surface area contributed by atoms with E-state index in [1.807, 2.05) is 68.5 Å². The first kappa shape index (κ1) is 23.6. The fourth-order valence-corrected chi connectivity index (χ4v) is 3.96. The Hall–Kier alpha value is -3.57. The molecule has 1 saturated heterocycles. The van der Waals surface area contributed by atoms with Gasteiger partial charge in [0.05, 0.1) is 20.3 Å². The van der Waals surface area contributed by atoms with Gasteiger partial charge in [-0.15, -0.1) is 0 Å². The van der Waals surface area contributed by atoms with Crippen molar-refractivity contribution < 1.29 is 19.0 Å². The summed E-state index contributed by atoms with van der Waals surface area (Å²) in [6, 6.07) is 19.8. The van der Waals surface area contributed by atoms with Crippen LogP contribution in [-0.2, 0) is 11.3 Å². The monoisotopic (exact) mass is 457 g/mol. The molecule has 0 aromatic heterocycles. The van der Waals surface area contributed by atoms with E-state index in [9.17, 15) is 4.79 Å². The van der Waals surface area contributed by atoms with Gasteiger partial charge < -0.3 is 19.1 Å². The number of morpholine rings is 1. The molecule has 1 fully saturated rings. The van der Waals surface area contributed by atoms with Crippen LogP contribution in [0.4, 0.5) is 5.69 Å². The fraction of sp³-hybridized carbons (Fsp3) is 0.276. The number of hydrogen-bond donors (Lipinski definition) is 0. The molecule has 4 rings (SSSR count). The van der Waals surface area contributed by atoms with Crippen LogP contribution in [-0.4, -0.2) is 39.2 Å². The third-order valence-corrected chi connectivity index (χ3v) is 5.99. The summed E-state index contributed by atoms with van der Waals surface area (Å²) in [4.78, 5) is 15.0. The summed E-state index contributed by atoms with van der Waals surface area (Å²) in [5.74, 6) is 1.59. The van der Waals surface area contributed by atoms with E-state index in [0.29, 0.717) is 12.2 Å². The van der Waals surface area contributed by atoms with E-state index in [1.165, 1.54) is 0 Å². The summed E-state index contributed by atoms with van der Waals surface area (Å²) in [7, 11) is 1.65. The molecule has 0 aliphatic carbocycles. The molecule has 1 aliphatic rings. The Kier molecular flexibility index (Phi) is 7.65. The molecule has 5 heteroatoms. The molecule has 0 unspecified atom stereocenters. The van der Waals surface area contributed by atoms with Gasteiger partial charge >= 0.3 is 0 Å². The first-order chi connectivity index (χ1) is 16.5.